The van der Waals surface area contributed by atoms with Crippen molar-refractivity contribution in [1.82, 2.24) is 24.1 Å². The summed E-state index contributed by atoms with van der Waals surface area (Å²) in [5.41, 5.74) is 1.70. The molecule has 0 saturated heterocycles. The minimum absolute atomic E-state index is 0.0582. The molecular formula is C14H12Cl2N6O. The molecule has 3 aromatic rings. The number of halogens is 2. The Hall–Kier alpha value is -2.25. The van der Waals surface area contributed by atoms with E-state index in [9.17, 15) is 4.79 Å². The molecule has 0 aliphatic carbocycles. The topological polar surface area (TPSA) is 78.0 Å². The van der Waals surface area contributed by atoms with E-state index in [2.05, 4.69) is 19.9 Å². The zero-order valence-electron chi connectivity index (χ0n) is 12.6. The molecule has 0 atom stereocenters. The van der Waals surface area contributed by atoms with Gasteiger partial charge in [0.15, 0.2) is 10.8 Å². The summed E-state index contributed by atoms with van der Waals surface area (Å²) in [5, 5.41) is 0.854. The second-order valence-electron chi connectivity index (χ2n) is 4.87. The SMILES string of the molecule is C/N=c1/c2cnc(Cl)nc2n(C)c(=O)n1-c1c(C)ccnc1Cl. The van der Waals surface area contributed by atoms with Gasteiger partial charge in [-0.3, -0.25) is 9.56 Å². The van der Waals surface area contributed by atoms with Crippen molar-refractivity contribution in [3.8, 4) is 5.69 Å². The zero-order chi connectivity index (χ0) is 16.7. The van der Waals surface area contributed by atoms with Crippen LogP contribution in [-0.4, -0.2) is 31.1 Å². The number of pyridine rings is 1. The van der Waals surface area contributed by atoms with Crippen molar-refractivity contribution < 1.29 is 0 Å². The van der Waals surface area contributed by atoms with E-state index in [4.69, 9.17) is 23.2 Å². The third-order valence-electron chi connectivity index (χ3n) is 3.50. The molecule has 7 nitrogen and oxygen atoms in total. The van der Waals surface area contributed by atoms with Gasteiger partial charge in [-0.2, -0.15) is 4.98 Å². The summed E-state index contributed by atoms with van der Waals surface area (Å²) in [7, 11) is 3.18. The molecule has 0 amide bonds. The molecule has 0 saturated carbocycles. The van der Waals surface area contributed by atoms with Gasteiger partial charge in [-0.15, -0.1) is 0 Å². The van der Waals surface area contributed by atoms with Crippen molar-refractivity contribution in [2.45, 2.75) is 6.92 Å². The van der Waals surface area contributed by atoms with E-state index in [1.807, 2.05) is 6.92 Å². The van der Waals surface area contributed by atoms with Crippen molar-refractivity contribution >= 4 is 34.2 Å². The molecule has 0 aliphatic heterocycles. The molecular weight excluding hydrogens is 339 g/mol. The van der Waals surface area contributed by atoms with Gasteiger partial charge in [0.1, 0.15) is 5.49 Å². The predicted octanol–water partition coefficient (Wildman–Crippen LogP) is 1.66. The van der Waals surface area contributed by atoms with E-state index in [0.717, 1.165) is 5.56 Å². The first-order chi connectivity index (χ1) is 11.0. The highest BCUT2D eigenvalue weighted by atomic mass is 35.5. The monoisotopic (exact) mass is 350 g/mol. The Labute approximate surface area is 140 Å². The lowest BCUT2D eigenvalue weighted by atomic mass is 10.2. The summed E-state index contributed by atoms with van der Waals surface area (Å²) in [6.45, 7) is 1.84. The molecule has 3 heterocycles. The summed E-state index contributed by atoms with van der Waals surface area (Å²) in [6.07, 6.45) is 3.11. The van der Waals surface area contributed by atoms with Crippen LogP contribution in [0.4, 0.5) is 0 Å². The standard InChI is InChI=1S/C14H12Cl2N6O/c1-7-4-5-18-10(15)9(7)22-11(17-2)8-6-19-13(16)20-12(8)21(3)14(22)23/h4-6H,1-3H3/b17-11-. The van der Waals surface area contributed by atoms with Crippen LogP contribution in [0.5, 0.6) is 0 Å². The van der Waals surface area contributed by atoms with Crippen molar-refractivity contribution in [2.24, 2.45) is 12.0 Å². The van der Waals surface area contributed by atoms with E-state index >= 15 is 0 Å². The second-order valence-corrected chi connectivity index (χ2v) is 5.56. The minimum atomic E-state index is -0.356. The average Bonchev–Trinajstić information content (AvgIpc) is 2.52. The molecule has 0 unspecified atom stereocenters. The van der Waals surface area contributed by atoms with Crippen LogP contribution in [0.15, 0.2) is 28.2 Å². The van der Waals surface area contributed by atoms with Gasteiger partial charge in [-0.1, -0.05) is 11.6 Å². The van der Waals surface area contributed by atoms with E-state index in [0.29, 0.717) is 22.2 Å². The maximum absolute atomic E-state index is 12.9. The smallest absolute Gasteiger partial charge is 0.280 e. The Kier molecular flexibility index (Phi) is 3.91. The molecule has 3 aromatic heterocycles. The molecule has 0 spiro atoms. The molecule has 0 radical (unpaired) electrons. The first kappa shape index (κ1) is 15.6. The average molecular weight is 351 g/mol. The Bertz CT molecular complexity index is 1030. The summed E-state index contributed by atoms with van der Waals surface area (Å²) < 4.78 is 2.78. The van der Waals surface area contributed by atoms with Gasteiger partial charge >= 0.3 is 5.69 Å². The van der Waals surface area contributed by atoms with Crippen LogP contribution < -0.4 is 11.2 Å². The maximum Gasteiger partial charge on any atom is 0.335 e. The van der Waals surface area contributed by atoms with Gasteiger partial charge in [0, 0.05) is 26.5 Å². The Balaban J connectivity index is 2.61. The van der Waals surface area contributed by atoms with Gasteiger partial charge in [-0.05, 0) is 30.2 Å². The van der Waals surface area contributed by atoms with Gasteiger partial charge in [-0.25, -0.2) is 19.3 Å². The van der Waals surface area contributed by atoms with Crippen LogP contribution in [0, 0.1) is 6.92 Å². The van der Waals surface area contributed by atoms with Crippen molar-refractivity contribution in [2.75, 3.05) is 7.05 Å². The first-order valence-corrected chi connectivity index (χ1v) is 7.40. The molecule has 118 valence electrons. The number of hydrogen-bond donors (Lipinski definition) is 0. The summed E-state index contributed by atoms with van der Waals surface area (Å²) in [4.78, 5) is 29.2. The van der Waals surface area contributed by atoms with Crippen molar-refractivity contribution in [3.05, 3.63) is 50.4 Å². The van der Waals surface area contributed by atoms with Crippen LogP contribution in [0.1, 0.15) is 5.56 Å². The largest absolute Gasteiger partial charge is 0.335 e. The van der Waals surface area contributed by atoms with E-state index < -0.39 is 0 Å². The molecule has 0 N–H and O–H groups in total. The molecule has 9 heteroatoms. The van der Waals surface area contributed by atoms with Crippen molar-refractivity contribution in [1.29, 1.82) is 0 Å². The third-order valence-corrected chi connectivity index (χ3v) is 3.96. The Morgan fingerprint density at radius 2 is 2.00 bits per heavy atom. The Morgan fingerprint density at radius 3 is 2.65 bits per heavy atom. The number of fused-ring (bicyclic) bond motifs is 1. The number of hydrogen-bond acceptors (Lipinski definition) is 5. The van der Waals surface area contributed by atoms with Crippen molar-refractivity contribution in [3.63, 3.8) is 0 Å². The molecule has 0 bridgehead atoms. The van der Waals surface area contributed by atoms with Gasteiger partial charge < -0.3 is 0 Å². The molecule has 0 aromatic carbocycles. The zero-order valence-corrected chi connectivity index (χ0v) is 14.1. The summed E-state index contributed by atoms with van der Waals surface area (Å²) in [6, 6.07) is 1.77. The normalized spacial score (nSPS) is 12.1. The highest BCUT2D eigenvalue weighted by Gasteiger charge is 2.17. The summed E-state index contributed by atoms with van der Waals surface area (Å²) >= 11 is 12.1. The Morgan fingerprint density at radius 1 is 1.26 bits per heavy atom. The van der Waals surface area contributed by atoms with Crippen LogP contribution >= 0.6 is 23.2 Å². The fourth-order valence-electron chi connectivity index (χ4n) is 2.42. The van der Waals surface area contributed by atoms with Crippen LogP contribution in [0.3, 0.4) is 0 Å². The lowest BCUT2D eigenvalue weighted by Crippen LogP contribution is -2.39. The van der Waals surface area contributed by atoms with E-state index in [1.165, 1.54) is 15.3 Å². The maximum atomic E-state index is 12.9. The highest BCUT2D eigenvalue weighted by Crippen LogP contribution is 2.19. The molecule has 0 aliphatic rings. The number of nitrogens with zero attached hydrogens (tertiary/aromatic N) is 6. The predicted molar refractivity (Wildman–Crippen MR) is 88.1 cm³/mol. The fraction of sp³-hybridized carbons (Fsp3) is 0.214. The quantitative estimate of drug-likeness (QED) is 0.493. The highest BCUT2D eigenvalue weighted by molar-refractivity contribution is 6.31. The number of aromatic nitrogens is 5. The van der Waals surface area contributed by atoms with Gasteiger partial charge in [0.2, 0.25) is 5.28 Å². The number of rotatable bonds is 1. The van der Waals surface area contributed by atoms with Gasteiger partial charge in [0.25, 0.3) is 0 Å². The lowest BCUT2D eigenvalue weighted by molar-refractivity contribution is 0.746. The van der Waals surface area contributed by atoms with E-state index in [1.54, 1.807) is 26.4 Å². The molecule has 23 heavy (non-hydrogen) atoms. The second kappa shape index (κ2) is 5.75. The van der Waals surface area contributed by atoms with E-state index in [-0.39, 0.29) is 16.1 Å². The fourth-order valence-corrected chi connectivity index (χ4v) is 2.84. The first-order valence-electron chi connectivity index (χ1n) is 6.64. The van der Waals surface area contributed by atoms with Crippen LogP contribution in [0.25, 0.3) is 16.7 Å². The van der Waals surface area contributed by atoms with Crippen LogP contribution in [-0.2, 0) is 7.05 Å². The molecule has 0 fully saturated rings. The third kappa shape index (κ3) is 2.42. The number of aryl methyl sites for hydroxylation is 2. The lowest BCUT2D eigenvalue weighted by Gasteiger charge is -2.14. The minimum Gasteiger partial charge on any atom is -0.280 e. The molecule has 3 rings (SSSR count). The van der Waals surface area contributed by atoms with Gasteiger partial charge in [0.05, 0.1) is 11.1 Å². The summed E-state index contributed by atoms with van der Waals surface area (Å²) in [5.74, 6) is 0. The van der Waals surface area contributed by atoms with Crippen LogP contribution in [0.2, 0.25) is 10.4 Å².